The lowest BCUT2D eigenvalue weighted by molar-refractivity contribution is -0.117. The highest BCUT2D eigenvalue weighted by molar-refractivity contribution is 7.18. The summed E-state index contributed by atoms with van der Waals surface area (Å²) in [7, 11) is 0. The summed E-state index contributed by atoms with van der Waals surface area (Å²) >= 11 is 1.77. The molecular formula is C20H22N4OS. The van der Waals surface area contributed by atoms with Crippen LogP contribution in [0, 0.1) is 0 Å². The first-order chi connectivity index (χ1) is 12.8. The molecule has 26 heavy (non-hydrogen) atoms. The Hall–Kier alpha value is -2.28. The maximum Gasteiger partial charge on any atom is 0.238 e. The molecular weight excluding hydrogens is 344 g/mol. The minimum absolute atomic E-state index is 0.0517. The van der Waals surface area contributed by atoms with Gasteiger partial charge in [0.1, 0.15) is 5.01 Å². The van der Waals surface area contributed by atoms with E-state index in [1.54, 1.807) is 11.3 Å². The van der Waals surface area contributed by atoms with Crippen molar-refractivity contribution in [3.63, 3.8) is 0 Å². The fourth-order valence-corrected chi connectivity index (χ4v) is 4.22. The van der Waals surface area contributed by atoms with Gasteiger partial charge in [-0.15, -0.1) is 11.3 Å². The number of hydrogen-bond acceptors (Lipinski definition) is 5. The fraction of sp³-hybridized carbons (Fsp3) is 0.300. The zero-order chi connectivity index (χ0) is 17.8. The molecule has 0 unspecified atom stereocenters. The second-order valence-corrected chi connectivity index (χ2v) is 7.66. The maximum atomic E-state index is 12.2. The number of nitrogens with one attached hydrogen (secondary N) is 1. The van der Waals surface area contributed by atoms with Gasteiger partial charge in [0.15, 0.2) is 0 Å². The van der Waals surface area contributed by atoms with E-state index in [1.165, 1.54) is 9.71 Å². The monoisotopic (exact) mass is 366 g/mol. The third-order valence-electron chi connectivity index (χ3n) is 4.59. The Morgan fingerprint density at radius 1 is 0.962 bits per heavy atom. The molecule has 4 rings (SSSR count). The number of nitrogens with zero attached hydrogens (tertiary/aromatic N) is 3. The standard InChI is InChI=1S/C20H22N4OS/c25-19(21-16-6-2-1-3-7-16)14-23-10-12-24(13-11-23)15-20-22-17-8-4-5-9-18(17)26-20/h1-9H,10-15H2,(H,21,25). The summed E-state index contributed by atoms with van der Waals surface area (Å²) in [6.45, 7) is 5.09. The summed E-state index contributed by atoms with van der Waals surface area (Å²) in [5.74, 6) is 0.0517. The summed E-state index contributed by atoms with van der Waals surface area (Å²) in [6, 6.07) is 17.9. The van der Waals surface area contributed by atoms with Crippen LogP contribution < -0.4 is 5.32 Å². The van der Waals surface area contributed by atoms with Gasteiger partial charge in [-0.25, -0.2) is 4.98 Å². The number of carbonyl (C=O) groups excluding carboxylic acids is 1. The molecule has 0 aliphatic carbocycles. The molecule has 2 aromatic carbocycles. The van der Waals surface area contributed by atoms with Crippen LogP contribution >= 0.6 is 11.3 Å². The van der Waals surface area contributed by atoms with Gasteiger partial charge in [0.05, 0.1) is 23.3 Å². The Bertz CT molecular complexity index is 839. The van der Waals surface area contributed by atoms with E-state index in [1.807, 2.05) is 36.4 Å². The molecule has 3 aromatic rings. The number of amides is 1. The van der Waals surface area contributed by atoms with E-state index in [0.717, 1.165) is 43.9 Å². The number of para-hydroxylation sites is 2. The van der Waals surface area contributed by atoms with E-state index in [-0.39, 0.29) is 5.91 Å². The molecule has 134 valence electrons. The molecule has 0 bridgehead atoms. The molecule has 1 aliphatic heterocycles. The van der Waals surface area contributed by atoms with Gasteiger partial charge in [-0.3, -0.25) is 14.6 Å². The Kier molecular flexibility index (Phi) is 5.24. The van der Waals surface area contributed by atoms with Crippen molar-refractivity contribution in [1.29, 1.82) is 0 Å². The number of anilines is 1. The quantitative estimate of drug-likeness (QED) is 0.754. The third-order valence-corrected chi connectivity index (χ3v) is 5.61. The Balaban J connectivity index is 1.25. The minimum Gasteiger partial charge on any atom is -0.325 e. The van der Waals surface area contributed by atoms with Crippen LogP contribution in [0.5, 0.6) is 0 Å². The number of benzene rings is 2. The van der Waals surface area contributed by atoms with Crippen molar-refractivity contribution in [2.75, 3.05) is 38.0 Å². The number of aromatic nitrogens is 1. The number of fused-ring (bicyclic) bond motifs is 1. The van der Waals surface area contributed by atoms with Gasteiger partial charge in [0.2, 0.25) is 5.91 Å². The molecule has 6 heteroatoms. The van der Waals surface area contributed by atoms with Crippen LogP contribution in [0.1, 0.15) is 5.01 Å². The lowest BCUT2D eigenvalue weighted by Crippen LogP contribution is -2.48. The molecule has 1 aliphatic rings. The zero-order valence-electron chi connectivity index (χ0n) is 14.6. The summed E-state index contributed by atoms with van der Waals surface area (Å²) in [4.78, 5) is 21.5. The van der Waals surface area contributed by atoms with Crippen molar-refractivity contribution in [2.24, 2.45) is 0 Å². The van der Waals surface area contributed by atoms with Gasteiger partial charge >= 0.3 is 0 Å². The minimum atomic E-state index is 0.0517. The van der Waals surface area contributed by atoms with Gasteiger partial charge in [-0.2, -0.15) is 0 Å². The normalized spacial score (nSPS) is 16.0. The van der Waals surface area contributed by atoms with Crippen molar-refractivity contribution in [3.8, 4) is 0 Å². The summed E-state index contributed by atoms with van der Waals surface area (Å²) in [5, 5.41) is 4.12. The van der Waals surface area contributed by atoms with Crippen LogP contribution in [0.3, 0.4) is 0 Å². The predicted molar refractivity (Wildman–Crippen MR) is 106 cm³/mol. The van der Waals surface area contributed by atoms with E-state index in [0.29, 0.717) is 6.54 Å². The molecule has 1 saturated heterocycles. The van der Waals surface area contributed by atoms with Crippen LogP contribution in [0.4, 0.5) is 5.69 Å². The number of thiazole rings is 1. The van der Waals surface area contributed by atoms with Gasteiger partial charge < -0.3 is 5.32 Å². The van der Waals surface area contributed by atoms with Crippen LogP contribution in [-0.2, 0) is 11.3 Å². The Morgan fingerprint density at radius 2 is 1.65 bits per heavy atom. The molecule has 1 aromatic heterocycles. The highest BCUT2D eigenvalue weighted by atomic mass is 32.1. The molecule has 0 spiro atoms. The van der Waals surface area contributed by atoms with Crippen molar-refractivity contribution in [1.82, 2.24) is 14.8 Å². The zero-order valence-corrected chi connectivity index (χ0v) is 15.4. The average molecular weight is 366 g/mol. The molecule has 1 amide bonds. The van der Waals surface area contributed by atoms with Gasteiger partial charge in [-0.05, 0) is 24.3 Å². The van der Waals surface area contributed by atoms with E-state index in [9.17, 15) is 4.79 Å². The molecule has 0 saturated carbocycles. The van der Waals surface area contributed by atoms with Crippen LogP contribution in [-0.4, -0.2) is 53.4 Å². The molecule has 5 nitrogen and oxygen atoms in total. The number of hydrogen-bond donors (Lipinski definition) is 1. The van der Waals surface area contributed by atoms with Crippen molar-refractivity contribution < 1.29 is 4.79 Å². The van der Waals surface area contributed by atoms with E-state index < -0.39 is 0 Å². The van der Waals surface area contributed by atoms with Gasteiger partial charge in [-0.1, -0.05) is 30.3 Å². The maximum absolute atomic E-state index is 12.2. The van der Waals surface area contributed by atoms with Crippen LogP contribution in [0.25, 0.3) is 10.2 Å². The topological polar surface area (TPSA) is 48.5 Å². The lowest BCUT2D eigenvalue weighted by atomic mass is 10.3. The smallest absolute Gasteiger partial charge is 0.238 e. The summed E-state index contributed by atoms with van der Waals surface area (Å²) in [5.41, 5.74) is 1.94. The first kappa shape index (κ1) is 17.1. The molecule has 0 radical (unpaired) electrons. The second-order valence-electron chi connectivity index (χ2n) is 6.54. The van der Waals surface area contributed by atoms with Crippen LogP contribution in [0.15, 0.2) is 54.6 Å². The third kappa shape index (κ3) is 4.27. The van der Waals surface area contributed by atoms with Crippen molar-refractivity contribution in [2.45, 2.75) is 6.54 Å². The fourth-order valence-electron chi connectivity index (χ4n) is 3.21. The molecule has 2 heterocycles. The highest BCUT2D eigenvalue weighted by Gasteiger charge is 2.20. The highest BCUT2D eigenvalue weighted by Crippen LogP contribution is 2.23. The van der Waals surface area contributed by atoms with E-state index in [2.05, 4.69) is 33.3 Å². The lowest BCUT2D eigenvalue weighted by Gasteiger charge is -2.33. The average Bonchev–Trinajstić information content (AvgIpc) is 3.06. The number of carbonyl (C=O) groups is 1. The Morgan fingerprint density at radius 3 is 2.42 bits per heavy atom. The first-order valence-corrected chi connectivity index (χ1v) is 9.72. The number of rotatable bonds is 5. The van der Waals surface area contributed by atoms with Crippen molar-refractivity contribution in [3.05, 3.63) is 59.6 Å². The predicted octanol–water partition coefficient (Wildman–Crippen LogP) is 3.05. The SMILES string of the molecule is O=C(CN1CCN(Cc2nc3ccccc3s2)CC1)Nc1ccccc1. The van der Waals surface area contributed by atoms with Gasteiger partial charge in [0.25, 0.3) is 0 Å². The van der Waals surface area contributed by atoms with Gasteiger partial charge in [0, 0.05) is 31.9 Å². The first-order valence-electron chi connectivity index (χ1n) is 8.90. The summed E-state index contributed by atoms with van der Waals surface area (Å²) < 4.78 is 1.25. The number of piperazine rings is 1. The Labute approximate surface area is 157 Å². The van der Waals surface area contributed by atoms with Crippen molar-refractivity contribution >= 4 is 33.1 Å². The molecule has 1 N–H and O–H groups in total. The van der Waals surface area contributed by atoms with Crippen LogP contribution in [0.2, 0.25) is 0 Å². The summed E-state index contributed by atoms with van der Waals surface area (Å²) in [6.07, 6.45) is 0. The van der Waals surface area contributed by atoms with E-state index in [4.69, 9.17) is 4.98 Å². The second kappa shape index (κ2) is 7.95. The van der Waals surface area contributed by atoms with E-state index >= 15 is 0 Å². The largest absolute Gasteiger partial charge is 0.325 e. The molecule has 0 atom stereocenters. The molecule has 1 fully saturated rings.